The van der Waals surface area contributed by atoms with Gasteiger partial charge in [0.05, 0.1) is 16.9 Å². The molecule has 0 spiro atoms. The lowest BCUT2D eigenvalue weighted by Gasteiger charge is -2.10. The van der Waals surface area contributed by atoms with Crippen LogP contribution in [0.4, 0.5) is 10.1 Å². The van der Waals surface area contributed by atoms with E-state index in [1.54, 1.807) is 18.2 Å². The Labute approximate surface area is 128 Å². The molecular weight excluding hydrogens is 283 g/mol. The third-order valence-corrected chi connectivity index (χ3v) is 3.45. The maximum atomic E-state index is 13.0. The summed E-state index contributed by atoms with van der Waals surface area (Å²) in [5, 5.41) is 9.40. The molecule has 0 fully saturated rings. The molecule has 112 valence electrons. The average molecular weight is 299 g/mol. The molecule has 0 aliphatic heterocycles. The molecule has 0 aromatic heterocycles. The van der Waals surface area contributed by atoms with E-state index in [4.69, 9.17) is 4.84 Å². The molecule has 2 aromatic carbocycles. The fourth-order valence-corrected chi connectivity index (χ4v) is 2.31. The van der Waals surface area contributed by atoms with Crippen LogP contribution in [0.15, 0.2) is 42.5 Å². The summed E-state index contributed by atoms with van der Waals surface area (Å²) in [6.45, 7) is 1.91. The maximum absolute atomic E-state index is 13.0. The van der Waals surface area contributed by atoms with Crippen LogP contribution in [0.1, 0.15) is 22.6 Å². The zero-order valence-corrected chi connectivity index (χ0v) is 12.4. The Balaban J connectivity index is 2.35. The van der Waals surface area contributed by atoms with Crippen molar-refractivity contribution in [1.82, 2.24) is 0 Å². The van der Waals surface area contributed by atoms with Gasteiger partial charge in [0.2, 0.25) is 0 Å². The molecule has 0 aliphatic rings. The fraction of sp³-hybridized carbons (Fsp3) is 0.235. The van der Waals surface area contributed by atoms with Gasteiger partial charge < -0.3 is 0 Å². The van der Waals surface area contributed by atoms with Crippen molar-refractivity contribution in [2.75, 3.05) is 7.11 Å². The highest BCUT2D eigenvalue weighted by molar-refractivity contribution is 5.44. The first-order valence-corrected chi connectivity index (χ1v) is 6.81. The minimum Gasteiger partial charge on any atom is -0.230 e. The van der Waals surface area contributed by atoms with Gasteiger partial charge in [-0.3, -0.25) is 0 Å². The number of nitrogens with zero attached hydrogens (tertiary/aromatic N) is 2. The number of nitriles is 1. The Morgan fingerprint density at radius 3 is 2.55 bits per heavy atom. The first-order valence-electron chi connectivity index (χ1n) is 6.81. The fourth-order valence-electron chi connectivity index (χ4n) is 2.31. The third-order valence-electron chi connectivity index (χ3n) is 3.45. The molecule has 0 radical (unpaired) electrons. The van der Waals surface area contributed by atoms with Crippen LogP contribution in [-0.4, -0.2) is 12.0 Å². The normalized spacial score (nSPS) is 11.5. The summed E-state index contributed by atoms with van der Waals surface area (Å²) in [5.41, 5.74) is 2.79. The van der Waals surface area contributed by atoms with Crippen molar-refractivity contribution in [1.29, 1.82) is 5.26 Å². The van der Waals surface area contributed by atoms with E-state index in [0.717, 1.165) is 5.56 Å². The standard InChI is InChI=1S/C17H16FN2O2/c1-12-3-8-17(20(21)22-2)14(9-12)10-15(11-19)13-4-6-16(18)7-5-13/h3-9,15H,10H2,1-2H3/q+1. The van der Waals surface area contributed by atoms with Crippen molar-refractivity contribution in [3.05, 3.63) is 69.9 Å². The first kappa shape index (κ1) is 15.6. The molecule has 1 atom stereocenters. The summed E-state index contributed by atoms with van der Waals surface area (Å²) in [7, 11) is 1.29. The van der Waals surface area contributed by atoms with Crippen LogP contribution < -0.4 is 0 Å². The van der Waals surface area contributed by atoms with E-state index < -0.39 is 5.92 Å². The Hall–Kier alpha value is -2.74. The number of rotatable bonds is 5. The van der Waals surface area contributed by atoms with Gasteiger partial charge in [0.25, 0.3) is 4.92 Å². The minimum absolute atomic E-state index is 0.346. The Morgan fingerprint density at radius 1 is 1.27 bits per heavy atom. The van der Waals surface area contributed by atoms with Crippen molar-refractivity contribution >= 4 is 5.69 Å². The molecule has 2 aromatic rings. The average Bonchev–Trinajstić information content (AvgIpc) is 2.53. The van der Waals surface area contributed by atoms with Gasteiger partial charge in [-0.15, -0.1) is 0 Å². The highest BCUT2D eigenvalue weighted by Crippen LogP contribution is 2.27. The molecular formula is C17H16FN2O2+. The van der Waals surface area contributed by atoms with Crippen LogP contribution in [0.25, 0.3) is 0 Å². The molecule has 0 aliphatic carbocycles. The van der Waals surface area contributed by atoms with Gasteiger partial charge in [-0.25, -0.2) is 9.23 Å². The quantitative estimate of drug-likeness (QED) is 0.785. The summed E-state index contributed by atoms with van der Waals surface area (Å²) in [5.74, 6) is -0.812. The second-order valence-electron chi connectivity index (χ2n) is 5.01. The van der Waals surface area contributed by atoms with Crippen LogP contribution >= 0.6 is 0 Å². The van der Waals surface area contributed by atoms with E-state index in [9.17, 15) is 14.6 Å². The van der Waals surface area contributed by atoms with E-state index in [2.05, 4.69) is 6.07 Å². The summed E-state index contributed by atoms with van der Waals surface area (Å²) < 4.78 is 13.0. The van der Waals surface area contributed by atoms with Crippen molar-refractivity contribution in [2.24, 2.45) is 0 Å². The van der Waals surface area contributed by atoms with E-state index >= 15 is 0 Å². The molecule has 2 rings (SSSR count). The topological polar surface area (TPSA) is 53.1 Å². The number of aryl methyl sites for hydroxylation is 1. The molecule has 0 bridgehead atoms. The van der Waals surface area contributed by atoms with E-state index in [1.165, 1.54) is 19.2 Å². The monoisotopic (exact) mass is 299 g/mol. The molecule has 0 saturated heterocycles. The van der Waals surface area contributed by atoms with E-state index in [-0.39, 0.29) is 5.82 Å². The molecule has 5 heteroatoms. The predicted molar refractivity (Wildman–Crippen MR) is 79.9 cm³/mol. The SMILES string of the molecule is CO[N+](=O)c1ccc(C)cc1CC(C#N)c1ccc(F)cc1. The summed E-state index contributed by atoms with van der Waals surface area (Å²) in [6, 6.07) is 13.4. The first-order chi connectivity index (χ1) is 10.5. The van der Waals surface area contributed by atoms with Gasteiger partial charge in [-0.05, 0) is 37.1 Å². The van der Waals surface area contributed by atoms with Crippen molar-refractivity contribution in [3.8, 4) is 6.07 Å². The zero-order chi connectivity index (χ0) is 16.1. The van der Waals surface area contributed by atoms with Crippen molar-refractivity contribution in [3.63, 3.8) is 0 Å². The minimum atomic E-state index is -0.466. The Morgan fingerprint density at radius 2 is 1.95 bits per heavy atom. The number of hydrogen-bond donors (Lipinski definition) is 0. The lowest BCUT2D eigenvalue weighted by Crippen LogP contribution is -2.06. The van der Waals surface area contributed by atoms with Crippen LogP contribution in [0.2, 0.25) is 0 Å². The highest BCUT2D eigenvalue weighted by atomic mass is 19.1. The molecule has 0 amide bonds. The van der Waals surface area contributed by atoms with Gasteiger partial charge >= 0.3 is 5.69 Å². The van der Waals surface area contributed by atoms with Gasteiger partial charge in [-0.1, -0.05) is 23.8 Å². The van der Waals surface area contributed by atoms with Gasteiger partial charge in [-0.2, -0.15) is 5.26 Å². The largest absolute Gasteiger partial charge is 0.319 e. The number of hydrogen-bond acceptors (Lipinski definition) is 3. The molecule has 1 unspecified atom stereocenters. The zero-order valence-electron chi connectivity index (χ0n) is 12.4. The summed E-state index contributed by atoms with van der Waals surface area (Å²) in [4.78, 5) is 16.9. The van der Waals surface area contributed by atoms with Crippen LogP contribution in [-0.2, 0) is 11.3 Å². The summed E-state index contributed by atoms with van der Waals surface area (Å²) in [6.07, 6.45) is 0.348. The molecule has 0 N–H and O–H groups in total. The lowest BCUT2D eigenvalue weighted by molar-refractivity contribution is -0.737. The molecule has 4 nitrogen and oxygen atoms in total. The molecule has 22 heavy (non-hydrogen) atoms. The van der Waals surface area contributed by atoms with Gasteiger partial charge in [0, 0.05) is 11.6 Å². The second kappa shape index (κ2) is 6.81. The maximum Gasteiger partial charge on any atom is 0.319 e. The number of benzene rings is 2. The Bertz CT molecular complexity index is 720. The van der Waals surface area contributed by atoms with Crippen LogP contribution in [0.3, 0.4) is 0 Å². The van der Waals surface area contributed by atoms with E-state index in [0.29, 0.717) is 28.2 Å². The molecule has 0 heterocycles. The Kier molecular flexibility index (Phi) is 4.84. The number of halogens is 1. The second-order valence-corrected chi connectivity index (χ2v) is 5.01. The molecule has 0 saturated carbocycles. The smallest absolute Gasteiger partial charge is 0.230 e. The summed E-state index contributed by atoms with van der Waals surface area (Å²) >= 11 is 0. The van der Waals surface area contributed by atoms with Crippen LogP contribution in [0.5, 0.6) is 0 Å². The van der Waals surface area contributed by atoms with Crippen molar-refractivity contribution < 1.29 is 14.2 Å². The van der Waals surface area contributed by atoms with Gasteiger partial charge in [0.15, 0.2) is 7.11 Å². The lowest BCUT2D eigenvalue weighted by atomic mass is 9.92. The van der Waals surface area contributed by atoms with E-state index in [1.807, 2.05) is 19.1 Å². The van der Waals surface area contributed by atoms with Gasteiger partial charge in [0.1, 0.15) is 5.82 Å². The van der Waals surface area contributed by atoms with Crippen molar-refractivity contribution in [2.45, 2.75) is 19.3 Å². The predicted octanol–water partition coefficient (Wildman–Crippen LogP) is 3.96. The highest BCUT2D eigenvalue weighted by Gasteiger charge is 2.23. The van der Waals surface area contributed by atoms with Crippen LogP contribution in [0, 0.1) is 29.0 Å². The third kappa shape index (κ3) is 3.47.